The number of carbonyl (C=O) groups is 2. The number of fused-ring (bicyclic) bond motifs is 2. The first-order valence-electron chi connectivity index (χ1n) is 10.6. The molecule has 0 bridgehead atoms. The number of hydrogen-bond donors (Lipinski definition) is 0. The first-order valence-corrected chi connectivity index (χ1v) is 11.4. The highest BCUT2D eigenvalue weighted by Crippen LogP contribution is 2.31. The first-order chi connectivity index (χ1) is 16.0. The molecular formula is C25H20Cl2N4O2. The van der Waals surface area contributed by atoms with E-state index in [9.17, 15) is 9.59 Å². The van der Waals surface area contributed by atoms with Gasteiger partial charge in [-0.1, -0.05) is 35.0 Å². The Morgan fingerprint density at radius 1 is 0.848 bits per heavy atom. The van der Waals surface area contributed by atoms with Gasteiger partial charge in [-0.2, -0.15) is 0 Å². The van der Waals surface area contributed by atoms with Crippen molar-refractivity contribution >= 4 is 57.2 Å². The largest absolute Gasteiger partial charge is 0.368 e. The Morgan fingerprint density at radius 2 is 1.58 bits per heavy atom. The van der Waals surface area contributed by atoms with Gasteiger partial charge in [0.15, 0.2) is 0 Å². The number of anilines is 2. The molecular weight excluding hydrogens is 459 g/mol. The predicted molar refractivity (Wildman–Crippen MR) is 131 cm³/mol. The third-order valence-electron chi connectivity index (χ3n) is 5.99. The minimum Gasteiger partial charge on any atom is -0.368 e. The van der Waals surface area contributed by atoms with Crippen LogP contribution in [0.3, 0.4) is 0 Å². The molecule has 8 heteroatoms. The van der Waals surface area contributed by atoms with Crippen LogP contribution in [-0.2, 0) is 4.79 Å². The van der Waals surface area contributed by atoms with E-state index in [0.29, 0.717) is 27.8 Å². The number of carbonyl (C=O) groups excluding carboxylic acids is 2. The second-order valence-corrected chi connectivity index (χ2v) is 8.86. The van der Waals surface area contributed by atoms with E-state index in [4.69, 9.17) is 23.2 Å². The molecule has 0 N–H and O–H groups in total. The van der Waals surface area contributed by atoms with Crippen molar-refractivity contribution in [1.29, 1.82) is 0 Å². The van der Waals surface area contributed by atoms with Crippen LogP contribution < -0.4 is 9.80 Å². The van der Waals surface area contributed by atoms with Gasteiger partial charge in [0.25, 0.3) is 11.7 Å². The number of benzene rings is 2. The van der Waals surface area contributed by atoms with Gasteiger partial charge < -0.3 is 4.90 Å². The first kappa shape index (κ1) is 21.7. The summed E-state index contributed by atoms with van der Waals surface area (Å²) in [5.74, 6) is 5.11. The maximum atomic E-state index is 12.3. The molecule has 1 amide bonds. The van der Waals surface area contributed by atoms with E-state index in [1.807, 2.05) is 30.5 Å². The van der Waals surface area contributed by atoms with E-state index in [2.05, 4.69) is 26.6 Å². The molecule has 0 aliphatic carbocycles. The minimum atomic E-state index is -0.555. The van der Waals surface area contributed by atoms with Crippen molar-refractivity contribution in [2.75, 3.05) is 49.1 Å². The van der Waals surface area contributed by atoms with Crippen molar-refractivity contribution in [1.82, 2.24) is 9.88 Å². The number of ketones is 1. The molecule has 6 nitrogen and oxygen atoms in total. The van der Waals surface area contributed by atoms with Crippen LogP contribution in [0.1, 0.15) is 10.4 Å². The van der Waals surface area contributed by atoms with Crippen molar-refractivity contribution in [2.45, 2.75) is 0 Å². The molecule has 33 heavy (non-hydrogen) atoms. The summed E-state index contributed by atoms with van der Waals surface area (Å²) in [6.45, 7) is 4.34. The Labute approximate surface area is 201 Å². The zero-order chi connectivity index (χ0) is 22.9. The maximum Gasteiger partial charge on any atom is 0.300 e. The van der Waals surface area contributed by atoms with Crippen LogP contribution >= 0.6 is 23.2 Å². The van der Waals surface area contributed by atoms with E-state index >= 15 is 0 Å². The van der Waals surface area contributed by atoms with E-state index < -0.39 is 11.7 Å². The quantitative estimate of drug-likeness (QED) is 0.422. The number of piperazine rings is 1. The Morgan fingerprint density at radius 3 is 2.39 bits per heavy atom. The number of halogens is 2. The lowest BCUT2D eigenvalue weighted by Crippen LogP contribution is -2.46. The SMILES string of the molecule is O=C1C(=O)N(CC#CCN2CCN(c3ccnc4cc(Cl)ccc34)CC2)c2ccc(Cl)cc21. The van der Waals surface area contributed by atoms with Crippen LogP contribution in [0.4, 0.5) is 11.4 Å². The third-order valence-corrected chi connectivity index (χ3v) is 6.46. The van der Waals surface area contributed by atoms with Crippen LogP contribution in [0.5, 0.6) is 0 Å². The van der Waals surface area contributed by atoms with Gasteiger partial charge in [0.1, 0.15) is 0 Å². The Hall–Kier alpha value is -3.11. The normalized spacial score (nSPS) is 16.2. The summed E-state index contributed by atoms with van der Waals surface area (Å²) in [7, 11) is 0. The van der Waals surface area contributed by atoms with Crippen molar-refractivity contribution < 1.29 is 9.59 Å². The molecule has 2 aliphatic heterocycles. The van der Waals surface area contributed by atoms with Crippen molar-refractivity contribution in [2.24, 2.45) is 0 Å². The van der Waals surface area contributed by atoms with Gasteiger partial charge in [0, 0.05) is 53.5 Å². The summed E-state index contributed by atoms with van der Waals surface area (Å²) in [5.41, 5.74) is 2.98. The summed E-state index contributed by atoms with van der Waals surface area (Å²) in [5, 5.41) is 2.22. The van der Waals surface area contributed by atoms with Gasteiger partial charge in [0.05, 0.1) is 29.9 Å². The van der Waals surface area contributed by atoms with Crippen LogP contribution in [0.15, 0.2) is 48.7 Å². The Kier molecular flexibility index (Phi) is 5.94. The molecule has 1 saturated heterocycles. The number of aromatic nitrogens is 1. The van der Waals surface area contributed by atoms with E-state index in [0.717, 1.165) is 37.1 Å². The summed E-state index contributed by atoms with van der Waals surface area (Å²) in [6.07, 6.45) is 1.82. The monoisotopic (exact) mass is 478 g/mol. The molecule has 3 aromatic rings. The third kappa shape index (κ3) is 4.28. The molecule has 1 fully saturated rings. The van der Waals surface area contributed by atoms with E-state index in [-0.39, 0.29) is 6.54 Å². The topological polar surface area (TPSA) is 56.8 Å². The molecule has 0 radical (unpaired) electrons. The number of hydrogen-bond acceptors (Lipinski definition) is 5. The smallest absolute Gasteiger partial charge is 0.300 e. The predicted octanol–water partition coefficient (Wildman–Crippen LogP) is 3.90. The minimum absolute atomic E-state index is 0.185. The number of Topliss-reactive ketones (excluding diaryl/α,β-unsaturated/α-hetero) is 1. The van der Waals surface area contributed by atoms with Gasteiger partial charge >= 0.3 is 0 Å². The highest BCUT2D eigenvalue weighted by molar-refractivity contribution is 6.52. The maximum absolute atomic E-state index is 12.3. The average Bonchev–Trinajstić information content (AvgIpc) is 3.06. The van der Waals surface area contributed by atoms with Gasteiger partial charge in [-0.3, -0.25) is 24.4 Å². The molecule has 0 saturated carbocycles. The molecule has 166 valence electrons. The van der Waals surface area contributed by atoms with Gasteiger partial charge in [-0.15, -0.1) is 0 Å². The zero-order valence-electron chi connectivity index (χ0n) is 17.7. The average molecular weight is 479 g/mol. The van der Waals surface area contributed by atoms with Crippen LogP contribution in [0, 0.1) is 11.8 Å². The van der Waals surface area contributed by atoms with E-state index in [1.165, 1.54) is 16.7 Å². The van der Waals surface area contributed by atoms with Crippen molar-refractivity contribution in [3.05, 3.63) is 64.3 Å². The second kappa shape index (κ2) is 9.03. The zero-order valence-corrected chi connectivity index (χ0v) is 19.2. The van der Waals surface area contributed by atoms with Gasteiger partial charge in [-0.05, 0) is 42.5 Å². The molecule has 0 atom stereocenters. The van der Waals surface area contributed by atoms with Crippen LogP contribution in [0.25, 0.3) is 10.9 Å². The lowest BCUT2D eigenvalue weighted by atomic mass is 10.1. The molecule has 1 aromatic heterocycles. The number of nitrogens with zero attached hydrogens (tertiary/aromatic N) is 4. The van der Waals surface area contributed by atoms with Crippen molar-refractivity contribution in [3.8, 4) is 11.8 Å². The van der Waals surface area contributed by atoms with Gasteiger partial charge in [-0.25, -0.2) is 0 Å². The molecule has 5 rings (SSSR count). The summed E-state index contributed by atoms with van der Waals surface area (Å²) in [6, 6.07) is 12.7. The molecule has 3 heterocycles. The lowest BCUT2D eigenvalue weighted by molar-refractivity contribution is -0.114. The number of rotatable bonds is 3. The second-order valence-electron chi connectivity index (χ2n) is 7.99. The van der Waals surface area contributed by atoms with Crippen LogP contribution in [0.2, 0.25) is 10.0 Å². The van der Waals surface area contributed by atoms with Gasteiger partial charge in [0.2, 0.25) is 0 Å². The van der Waals surface area contributed by atoms with Crippen LogP contribution in [-0.4, -0.2) is 60.8 Å². The van der Waals surface area contributed by atoms with E-state index in [1.54, 1.807) is 12.1 Å². The Balaban J connectivity index is 1.19. The summed E-state index contributed by atoms with van der Waals surface area (Å²) in [4.78, 5) is 34.9. The number of pyridine rings is 1. The highest BCUT2D eigenvalue weighted by Gasteiger charge is 2.35. The molecule has 0 unspecified atom stereocenters. The fourth-order valence-corrected chi connectivity index (χ4v) is 4.60. The standard InChI is InChI=1S/C25H20Cl2N4O2/c26-17-4-6-23-20(15-17)24(32)25(33)31(23)10-2-1-9-29-11-13-30(14-12-29)22-7-8-28-21-16-18(27)3-5-19(21)22/h3-8,15-16H,9-14H2. The fraction of sp³-hybridized carbons (Fsp3) is 0.240. The molecule has 2 aliphatic rings. The highest BCUT2D eigenvalue weighted by atomic mass is 35.5. The van der Waals surface area contributed by atoms with Crippen molar-refractivity contribution in [3.63, 3.8) is 0 Å². The Bertz CT molecular complexity index is 1320. The molecule has 2 aromatic carbocycles. The fourth-order valence-electron chi connectivity index (χ4n) is 4.26. The number of amides is 1. The molecule has 0 spiro atoms. The lowest BCUT2D eigenvalue weighted by Gasteiger charge is -2.35. The summed E-state index contributed by atoms with van der Waals surface area (Å²) < 4.78 is 0. The summed E-state index contributed by atoms with van der Waals surface area (Å²) >= 11 is 12.1.